The van der Waals surface area contributed by atoms with Crippen LogP contribution >= 0.6 is 23.2 Å². The summed E-state index contributed by atoms with van der Waals surface area (Å²) in [5, 5.41) is 14.2. The van der Waals surface area contributed by atoms with E-state index in [4.69, 9.17) is 23.2 Å². The number of aromatic nitrogens is 2. The molecule has 1 heterocycles. The molecular formula is C12H10Cl2N2O2. The number of rotatable bonds is 4. The fourth-order valence-electron chi connectivity index (χ4n) is 1.65. The molecule has 0 spiro atoms. The van der Waals surface area contributed by atoms with Gasteiger partial charge in [0.25, 0.3) is 0 Å². The molecule has 1 unspecified atom stereocenters. The zero-order valence-electron chi connectivity index (χ0n) is 9.25. The van der Waals surface area contributed by atoms with Crippen molar-refractivity contribution in [3.8, 4) is 0 Å². The van der Waals surface area contributed by atoms with E-state index in [1.54, 1.807) is 36.7 Å². The second-order valence-corrected chi connectivity index (χ2v) is 4.62. The predicted molar refractivity (Wildman–Crippen MR) is 69.1 cm³/mol. The molecule has 6 heteroatoms. The van der Waals surface area contributed by atoms with Crippen LogP contribution in [0.15, 0.2) is 36.7 Å². The van der Waals surface area contributed by atoms with Gasteiger partial charge < -0.3 is 5.11 Å². The van der Waals surface area contributed by atoms with E-state index >= 15 is 0 Å². The average Bonchev–Trinajstić information content (AvgIpc) is 2.80. The Balaban J connectivity index is 2.27. The van der Waals surface area contributed by atoms with Gasteiger partial charge in [0, 0.05) is 28.9 Å². The van der Waals surface area contributed by atoms with Crippen molar-refractivity contribution < 1.29 is 9.90 Å². The highest BCUT2D eigenvalue weighted by atomic mass is 35.5. The van der Waals surface area contributed by atoms with Crippen molar-refractivity contribution in [1.82, 2.24) is 9.78 Å². The van der Waals surface area contributed by atoms with E-state index in [1.807, 2.05) is 0 Å². The molecule has 0 radical (unpaired) electrons. The number of hydrogen-bond donors (Lipinski definition) is 1. The Labute approximate surface area is 114 Å². The number of carboxylic acid groups (broad SMARTS) is 1. The first-order valence-electron chi connectivity index (χ1n) is 5.24. The monoisotopic (exact) mass is 284 g/mol. The van der Waals surface area contributed by atoms with E-state index in [0.29, 0.717) is 10.0 Å². The van der Waals surface area contributed by atoms with Crippen LogP contribution in [0.2, 0.25) is 10.0 Å². The fourth-order valence-corrected chi connectivity index (χ4v) is 2.14. The van der Waals surface area contributed by atoms with Gasteiger partial charge in [0.1, 0.15) is 0 Å². The Morgan fingerprint density at radius 3 is 2.78 bits per heavy atom. The largest absolute Gasteiger partial charge is 0.480 e. The van der Waals surface area contributed by atoms with Crippen LogP contribution in [0.5, 0.6) is 0 Å². The molecule has 0 aliphatic carbocycles. The first-order chi connectivity index (χ1) is 8.58. The molecule has 2 aromatic rings. The molecular weight excluding hydrogens is 275 g/mol. The van der Waals surface area contributed by atoms with Crippen LogP contribution < -0.4 is 0 Å². The lowest BCUT2D eigenvalue weighted by atomic mass is 10.1. The van der Waals surface area contributed by atoms with Crippen LogP contribution in [0.1, 0.15) is 11.6 Å². The van der Waals surface area contributed by atoms with Crippen molar-refractivity contribution in [1.29, 1.82) is 0 Å². The summed E-state index contributed by atoms with van der Waals surface area (Å²) in [6.45, 7) is 0. The Kier molecular flexibility index (Phi) is 3.89. The highest BCUT2D eigenvalue weighted by Gasteiger charge is 2.21. The molecule has 1 aromatic heterocycles. The number of carbonyl (C=O) groups is 1. The van der Waals surface area contributed by atoms with E-state index in [9.17, 15) is 9.90 Å². The maximum Gasteiger partial charge on any atom is 0.328 e. The Morgan fingerprint density at radius 2 is 2.22 bits per heavy atom. The van der Waals surface area contributed by atoms with Gasteiger partial charge in [0.2, 0.25) is 0 Å². The molecule has 1 N–H and O–H groups in total. The number of carboxylic acids is 1. The molecule has 0 bridgehead atoms. The van der Waals surface area contributed by atoms with E-state index in [2.05, 4.69) is 5.10 Å². The normalized spacial score (nSPS) is 12.3. The van der Waals surface area contributed by atoms with Crippen molar-refractivity contribution in [3.63, 3.8) is 0 Å². The standard InChI is InChI=1S/C12H10Cl2N2O2/c13-9-3-2-8(10(14)7-9)6-11(12(17)18)16-5-1-4-15-16/h1-5,7,11H,6H2,(H,17,18). The minimum absolute atomic E-state index is 0.257. The molecule has 2 rings (SSSR count). The lowest BCUT2D eigenvalue weighted by Crippen LogP contribution is -2.22. The summed E-state index contributed by atoms with van der Waals surface area (Å²) in [5.41, 5.74) is 0.726. The zero-order chi connectivity index (χ0) is 13.1. The molecule has 1 aromatic carbocycles. The van der Waals surface area contributed by atoms with Crippen LogP contribution in [-0.2, 0) is 11.2 Å². The SMILES string of the molecule is O=C(O)C(Cc1ccc(Cl)cc1Cl)n1cccn1. The second kappa shape index (κ2) is 5.42. The average molecular weight is 285 g/mol. The maximum absolute atomic E-state index is 11.3. The Bertz CT molecular complexity index is 555. The van der Waals surface area contributed by atoms with Crippen LogP contribution in [0.25, 0.3) is 0 Å². The molecule has 0 aliphatic rings. The molecule has 94 valence electrons. The molecule has 0 aliphatic heterocycles. The summed E-state index contributed by atoms with van der Waals surface area (Å²) < 4.78 is 1.40. The van der Waals surface area contributed by atoms with Gasteiger partial charge in [-0.05, 0) is 23.8 Å². The lowest BCUT2D eigenvalue weighted by Gasteiger charge is -2.14. The Morgan fingerprint density at radius 1 is 1.44 bits per heavy atom. The van der Waals surface area contributed by atoms with E-state index < -0.39 is 12.0 Å². The van der Waals surface area contributed by atoms with Crippen molar-refractivity contribution in [2.24, 2.45) is 0 Å². The molecule has 18 heavy (non-hydrogen) atoms. The first kappa shape index (κ1) is 12.9. The van der Waals surface area contributed by atoms with Gasteiger partial charge in [-0.1, -0.05) is 29.3 Å². The van der Waals surface area contributed by atoms with Gasteiger partial charge in [0.15, 0.2) is 6.04 Å². The number of aliphatic carboxylic acids is 1. The quantitative estimate of drug-likeness (QED) is 0.939. The van der Waals surface area contributed by atoms with Gasteiger partial charge in [0.05, 0.1) is 0 Å². The number of nitrogens with zero attached hydrogens (tertiary/aromatic N) is 2. The van der Waals surface area contributed by atoms with E-state index in [-0.39, 0.29) is 6.42 Å². The van der Waals surface area contributed by atoms with Crippen molar-refractivity contribution in [2.45, 2.75) is 12.5 Å². The fraction of sp³-hybridized carbons (Fsp3) is 0.167. The first-order valence-corrected chi connectivity index (χ1v) is 5.99. The highest BCUT2D eigenvalue weighted by Crippen LogP contribution is 2.24. The van der Waals surface area contributed by atoms with Gasteiger partial charge in [-0.25, -0.2) is 4.79 Å². The van der Waals surface area contributed by atoms with Gasteiger partial charge in [-0.15, -0.1) is 0 Å². The van der Waals surface area contributed by atoms with Gasteiger partial charge in [-0.2, -0.15) is 5.10 Å². The molecule has 1 atom stereocenters. The molecule has 0 saturated carbocycles. The molecule has 0 amide bonds. The maximum atomic E-state index is 11.3. The molecule has 0 saturated heterocycles. The van der Waals surface area contributed by atoms with Crippen LogP contribution in [0.3, 0.4) is 0 Å². The summed E-state index contributed by atoms with van der Waals surface area (Å²) in [6, 6.07) is 5.91. The third kappa shape index (κ3) is 2.83. The summed E-state index contributed by atoms with van der Waals surface area (Å²) in [6.07, 6.45) is 3.41. The van der Waals surface area contributed by atoms with Crippen molar-refractivity contribution in [2.75, 3.05) is 0 Å². The van der Waals surface area contributed by atoms with Crippen molar-refractivity contribution in [3.05, 3.63) is 52.3 Å². The van der Waals surface area contributed by atoms with Gasteiger partial charge in [-0.3, -0.25) is 4.68 Å². The topological polar surface area (TPSA) is 55.1 Å². The molecule has 4 nitrogen and oxygen atoms in total. The zero-order valence-corrected chi connectivity index (χ0v) is 10.8. The third-order valence-electron chi connectivity index (χ3n) is 2.56. The Hall–Kier alpha value is -1.52. The van der Waals surface area contributed by atoms with Gasteiger partial charge >= 0.3 is 5.97 Å². The van der Waals surface area contributed by atoms with E-state index in [0.717, 1.165) is 5.56 Å². The summed E-state index contributed by atoms with van der Waals surface area (Å²) >= 11 is 11.8. The minimum atomic E-state index is -0.954. The van der Waals surface area contributed by atoms with E-state index in [1.165, 1.54) is 4.68 Å². The lowest BCUT2D eigenvalue weighted by molar-refractivity contribution is -0.141. The summed E-state index contributed by atoms with van der Waals surface area (Å²) in [5.74, 6) is -0.954. The number of halogens is 2. The van der Waals surface area contributed by atoms with Crippen LogP contribution in [0.4, 0.5) is 0 Å². The van der Waals surface area contributed by atoms with Crippen LogP contribution in [-0.4, -0.2) is 20.9 Å². The minimum Gasteiger partial charge on any atom is -0.480 e. The van der Waals surface area contributed by atoms with Crippen molar-refractivity contribution >= 4 is 29.2 Å². The number of benzene rings is 1. The summed E-state index contributed by atoms with van der Waals surface area (Å²) in [4.78, 5) is 11.3. The smallest absolute Gasteiger partial charge is 0.328 e. The predicted octanol–water partition coefficient (Wildman–Crippen LogP) is 3.06. The number of hydrogen-bond acceptors (Lipinski definition) is 2. The third-order valence-corrected chi connectivity index (χ3v) is 3.14. The molecule has 0 fully saturated rings. The second-order valence-electron chi connectivity index (χ2n) is 3.78. The highest BCUT2D eigenvalue weighted by molar-refractivity contribution is 6.35. The van der Waals surface area contributed by atoms with Crippen LogP contribution in [0, 0.1) is 0 Å². The summed E-state index contributed by atoms with van der Waals surface area (Å²) in [7, 11) is 0.